The summed E-state index contributed by atoms with van der Waals surface area (Å²) in [5.41, 5.74) is 8.82. The van der Waals surface area contributed by atoms with E-state index in [1.165, 1.54) is 17.7 Å². The summed E-state index contributed by atoms with van der Waals surface area (Å²) in [6.07, 6.45) is 0. The Labute approximate surface area is 127 Å². The van der Waals surface area contributed by atoms with E-state index in [9.17, 15) is 4.39 Å². The van der Waals surface area contributed by atoms with Gasteiger partial charge in [-0.05, 0) is 49.4 Å². The fourth-order valence-corrected chi connectivity index (χ4v) is 2.61. The molecule has 0 aliphatic rings. The molecule has 0 radical (unpaired) electrons. The minimum Gasteiger partial charge on any atom is -0.399 e. The normalized spacial score (nSPS) is 12.7. The van der Waals surface area contributed by atoms with E-state index in [1.54, 1.807) is 0 Å². The molecule has 2 nitrogen and oxygen atoms in total. The molecule has 1 atom stereocenters. The van der Waals surface area contributed by atoms with E-state index in [2.05, 4.69) is 33.8 Å². The molecule has 0 amide bonds. The van der Waals surface area contributed by atoms with Crippen LogP contribution in [0.1, 0.15) is 24.1 Å². The zero-order valence-electron chi connectivity index (χ0n) is 11.6. The Morgan fingerprint density at radius 2 is 2.00 bits per heavy atom. The number of halogens is 2. The van der Waals surface area contributed by atoms with Crippen molar-refractivity contribution in [1.82, 2.24) is 4.90 Å². The van der Waals surface area contributed by atoms with Gasteiger partial charge in [-0.1, -0.05) is 34.1 Å². The fourth-order valence-electron chi connectivity index (χ4n) is 2.13. The topological polar surface area (TPSA) is 29.3 Å². The second kappa shape index (κ2) is 6.37. The van der Waals surface area contributed by atoms with Gasteiger partial charge < -0.3 is 5.73 Å². The lowest BCUT2D eigenvalue weighted by molar-refractivity contribution is 0.252. The van der Waals surface area contributed by atoms with Crippen LogP contribution in [0.3, 0.4) is 0 Å². The molecule has 2 rings (SSSR count). The van der Waals surface area contributed by atoms with Crippen LogP contribution < -0.4 is 5.73 Å². The van der Waals surface area contributed by atoms with Gasteiger partial charge in [0.1, 0.15) is 5.82 Å². The fraction of sp³-hybridized carbons (Fsp3) is 0.250. The van der Waals surface area contributed by atoms with Crippen LogP contribution in [0.5, 0.6) is 0 Å². The Balaban J connectivity index is 2.13. The molecule has 0 aromatic heterocycles. The van der Waals surface area contributed by atoms with Gasteiger partial charge in [0.05, 0.1) is 0 Å². The smallest absolute Gasteiger partial charge is 0.124 e. The molecule has 0 saturated carbocycles. The van der Waals surface area contributed by atoms with Crippen molar-refractivity contribution >= 4 is 21.6 Å². The van der Waals surface area contributed by atoms with Gasteiger partial charge in [0.25, 0.3) is 0 Å². The largest absolute Gasteiger partial charge is 0.399 e. The van der Waals surface area contributed by atoms with Crippen molar-refractivity contribution in [2.75, 3.05) is 12.8 Å². The standard InChI is InChI=1S/C16H18BrFN2/c1-11(12-4-3-5-15(19)8-12)20(2)10-13-6-7-14(18)9-16(13)17/h3-9,11H,10,19H2,1-2H3. The molecule has 0 aliphatic carbocycles. The number of nitrogen functional groups attached to an aromatic ring is 1. The van der Waals surface area contributed by atoms with Crippen molar-refractivity contribution in [2.24, 2.45) is 0 Å². The van der Waals surface area contributed by atoms with Gasteiger partial charge in [-0.15, -0.1) is 0 Å². The quantitative estimate of drug-likeness (QED) is 0.840. The van der Waals surface area contributed by atoms with Crippen molar-refractivity contribution in [3.8, 4) is 0 Å². The second-order valence-corrected chi connectivity index (χ2v) is 5.85. The molecule has 2 aromatic rings. The summed E-state index contributed by atoms with van der Waals surface area (Å²) in [6.45, 7) is 2.86. The summed E-state index contributed by atoms with van der Waals surface area (Å²) in [6, 6.07) is 12.9. The van der Waals surface area contributed by atoms with E-state index in [4.69, 9.17) is 5.73 Å². The van der Waals surface area contributed by atoms with Gasteiger partial charge in [-0.25, -0.2) is 4.39 Å². The van der Waals surface area contributed by atoms with Crippen molar-refractivity contribution in [1.29, 1.82) is 0 Å². The maximum Gasteiger partial charge on any atom is 0.124 e. The highest BCUT2D eigenvalue weighted by atomic mass is 79.9. The lowest BCUT2D eigenvalue weighted by atomic mass is 10.1. The number of hydrogen-bond acceptors (Lipinski definition) is 2. The van der Waals surface area contributed by atoms with E-state index >= 15 is 0 Å². The van der Waals surface area contributed by atoms with Crippen LogP contribution in [-0.2, 0) is 6.54 Å². The van der Waals surface area contributed by atoms with Crippen LogP contribution in [0.4, 0.5) is 10.1 Å². The molecular weight excluding hydrogens is 319 g/mol. The molecule has 0 heterocycles. The maximum absolute atomic E-state index is 13.1. The Morgan fingerprint density at radius 3 is 2.65 bits per heavy atom. The Bertz CT molecular complexity index is 601. The summed E-state index contributed by atoms with van der Waals surface area (Å²) in [5, 5.41) is 0. The zero-order valence-corrected chi connectivity index (χ0v) is 13.2. The van der Waals surface area contributed by atoms with Crippen LogP contribution in [0.15, 0.2) is 46.9 Å². The second-order valence-electron chi connectivity index (χ2n) is 5.00. The minimum atomic E-state index is -0.229. The molecule has 20 heavy (non-hydrogen) atoms. The first-order valence-electron chi connectivity index (χ1n) is 6.47. The third kappa shape index (κ3) is 3.58. The van der Waals surface area contributed by atoms with E-state index in [-0.39, 0.29) is 11.9 Å². The van der Waals surface area contributed by atoms with Gasteiger partial charge in [0.15, 0.2) is 0 Å². The van der Waals surface area contributed by atoms with Crippen molar-refractivity contribution in [2.45, 2.75) is 19.5 Å². The van der Waals surface area contributed by atoms with Crippen molar-refractivity contribution < 1.29 is 4.39 Å². The lowest BCUT2D eigenvalue weighted by Gasteiger charge is -2.25. The number of rotatable bonds is 4. The predicted molar refractivity (Wildman–Crippen MR) is 84.8 cm³/mol. The first kappa shape index (κ1) is 15.0. The van der Waals surface area contributed by atoms with E-state index in [1.807, 2.05) is 31.3 Å². The van der Waals surface area contributed by atoms with E-state index < -0.39 is 0 Å². The number of nitrogens with two attached hydrogens (primary N) is 1. The summed E-state index contributed by atoms with van der Waals surface area (Å²) < 4.78 is 13.9. The van der Waals surface area contributed by atoms with Gasteiger partial charge in [-0.3, -0.25) is 4.90 Å². The van der Waals surface area contributed by atoms with E-state index in [0.717, 1.165) is 22.3 Å². The SMILES string of the molecule is CC(c1cccc(N)c1)N(C)Cc1ccc(F)cc1Br. The Kier molecular flexibility index (Phi) is 4.78. The maximum atomic E-state index is 13.1. The third-order valence-electron chi connectivity index (χ3n) is 3.49. The number of hydrogen-bond donors (Lipinski definition) is 1. The van der Waals surface area contributed by atoms with E-state index in [0.29, 0.717) is 0 Å². The van der Waals surface area contributed by atoms with Crippen molar-refractivity contribution in [3.05, 3.63) is 63.9 Å². The summed E-state index contributed by atoms with van der Waals surface area (Å²) in [4.78, 5) is 2.20. The molecule has 0 saturated heterocycles. The highest BCUT2D eigenvalue weighted by molar-refractivity contribution is 9.10. The van der Waals surface area contributed by atoms with Crippen LogP contribution in [0.2, 0.25) is 0 Å². The molecule has 106 valence electrons. The highest BCUT2D eigenvalue weighted by Crippen LogP contribution is 2.25. The van der Waals surface area contributed by atoms with Gasteiger partial charge in [0.2, 0.25) is 0 Å². The molecule has 2 N–H and O–H groups in total. The summed E-state index contributed by atoms with van der Waals surface area (Å²) >= 11 is 3.41. The summed E-state index contributed by atoms with van der Waals surface area (Å²) in [5.74, 6) is -0.229. The third-order valence-corrected chi connectivity index (χ3v) is 4.23. The number of nitrogens with zero attached hydrogens (tertiary/aromatic N) is 1. The number of benzene rings is 2. The Morgan fingerprint density at radius 1 is 1.25 bits per heavy atom. The van der Waals surface area contributed by atoms with Gasteiger partial charge >= 0.3 is 0 Å². The average molecular weight is 337 g/mol. The first-order valence-corrected chi connectivity index (χ1v) is 7.26. The molecule has 2 aromatic carbocycles. The molecule has 0 aliphatic heterocycles. The van der Waals surface area contributed by atoms with Crippen LogP contribution in [0, 0.1) is 5.82 Å². The van der Waals surface area contributed by atoms with Gasteiger partial charge in [0, 0.05) is 22.7 Å². The molecule has 4 heteroatoms. The highest BCUT2D eigenvalue weighted by Gasteiger charge is 2.13. The lowest BCUT2D eigenvalue weighted by Crippen LogP contribution is -2.22. The molecular formula is C16H18BrFN2. The predicted octanol–water partition coefficient (Wildman–Crippen LogP) is 4.36. The van der Waals surface area contributed by atoms with Crippen LogP contribution in [0.25, 0.3) is 0 Å². The number of anilines is 1. The Hall–Kier alpha value is -1.39. The minimum absolute atomic E-state index is 0.229. The first-order chi connectivity index (χ1) is 9.47. The monoisotopic (exact) mass is 336 g/mol. The van der Waals surface area contributed by atoms with Crippen molar-refractivity contribution in [3.63, 3.8) is 0 Å². The molecule has 0 fully saturated rings. The zero-order chi connectivity index (χ0) is 14.7. The average Bonchev–Trinajstić information content (AvgIpc) is 2.41. The molecule has 0 spiro atoms. The summed E-state index contributed by atoms with van der Waals surface area (Å²) in [7, 11) is 2.05. The van der Waals surface area contributed by atoms with Crippen LogP contribution >= 0.6 is 15.9 Å². The molecule has 0 bridgehead atoms. The molecule has 1 unspecified atom stereocenters. The van der Waals surface area contributed by atoms with Crippen LogP contribution in [-0.4, -0.2) is 11.9 Å². The van der Waals surface area contributed by atoms with Gasteiger partial charge in [-0.2, -0.15) is 0 Å².